The fourth-order valence-corrected chi connectivity index (χ4v) is 16.6. The topological polar surface area (TPSA) is 25.8 Å². The Balaban J connectivity index is 1.31. The molecular formula is C50H43N2OsPS3+. The molecule has 57 heavy (non-hydrogen) atoms. The van der Waals surface area contributed by atoms with Crippen LogP contribution in [0, 0.1) is 18.2 Å². The van der Waals surface area contributed by atoms with Crippen LogP contribution in [-0.2, 0) is 17.9 Å². The summed E-state index contributed by atoms with van der Waals surface area (Å²) < 4.78 is 13.7. The molecule has 7 aromatic rings. The van der Waals surface area contributed by atoms with Crippen molar-refractivity contribution in [1.29, 1.82) is 0 Å². The van der Waals surface area contributed by atoms with Crippen molar-refractivity contribution in [2.75, 3.05) is 0 Å². The molecule has 1 saturated carbocycles. The minimum absolute atomic E-state index is 0.989. The van der Waals surface area contributed by atoms with Gasteiger partial charge in [0.05, 0.1) is 0 Å². The van der Waals surface area contributed by atoms with Crippen molar-refractivity contribution in [3.63, 3.8) is 0 Å². The number of thiophene rings is 2. The predicted molar refractivity (Wildman–Crippen MR) is 249 cm³/mol. The summed E-state index contributed by atoms with van der Waals surface area (Å²) >= 11 is 6.79. The van der Waals surface area contributed by atoms with E-state index in [0.717, 1.165) is 23.9 Å². The quantitative estimate of drug-likeness (QED) is 0.101. The molecule has 1 aliphatic carbocycles. The van der Waals surface area contributed by atoms with E-state index in [0.29, 0.717) is 0 Å². The number of fused-ring (bicyclic) bond motifs is 1. The van der Waals surface area contributed by atoms with E-state index >= 15 is 0 Å². The van der Waals surface area contributed by atoms with Gasteiger partial charge in [-0.05, 0) is 25.1 Å². The molecule has 8 rings (SSSR count). The molecule has 3 aromatic heterocycles. The van der Waals surface area contributed by atoms with Gasteiger partial charge in [0.15, 0.2) is 0 Å². The monoisotopic (exact) mass is 990 g/mol. The van der Waals surface area contributed by atoms with E-state index in [1.807, 2.05) is 40.6 Å². The van der Waals surface area contributed by atoms with E-state index in [-0.39, 0.29) is 0 Å². The van der Waals surface area contributed by atoms with Crippen molar-refractivity contribution < 1.29 is 17.9 Å². The Hall–Kier alpha value is -4.35. The van der Waals surface area contributed by atoms with E-state index in [9.17, 15) is 0 Å². The second kappa shape index (κ2) is 17.6. The molecule has 0 radical (unpaired) electrons. The molecule has 0 spiro atoms. The zero-order chi connectivity index (χ0) is 39.4. The average Bonchev–Trinajstić information content (AvgIpc) is 4.10. The van der Waals surface area contributed by atoms with Crippen molar-refractivity contribution in [3.8, 4) is 25.3 Å². The predicted octanol–water partition coefficient (Wildman–Crippen LogP) is 13.6. The number of benzene rings is 4. The first-order valence-corrected chi connectivity index (χ1v) is 24.7. The first kappa shape index (κ1) is 39.5. The van der Waals surface area contributed by atoms with E-state index in [1.165, 1.54) is 97.9 Å². The molecule has 7 heteroatoms. The Morgan fingerprint density at radius 1 is 0.649 bits per heavy atom. The van der Waals surface area contributed by atoms with Gasteiger partial charge in [0.25, 0.3) is 0 Å². The van der Waals surface area contributed by atoms with Crippen LogP contribution in [0.2, 0.25) is 0 Å². The van der Waals surface area contributed by atoms with Crippen LogP contribution in [0.3, 0.4) is 0 Å². The van der Waals surface area contributed by atoms with Crippen LogP contribution in [0.4, 0.5) is 0 Å². The van der Waals surface area contributed by atoms with Gasteiger partial charge in [-0.2, -0.15) is 0 Å². The van der Waals surface area contributed by atoms with Crippen LogP contribution < -0.4 is 15.9 Å². The van der Waals surface area contributed by atoms with Crippen molar-refractivity contribution in [1.82, 2.24) is 8.75 Å². The van der Waals surface area contributed by atoms with Crippen LogP contribution in [0.1, 0.15) is 54.0 Å². The van der Waals surface area contributed by atoms with Gasteiger partial charge in [0, 0.05) is 9.75 Å². The summed E-state index contributed by atoms with van der Waals surface area (Å²) in [4.78, 5) is 4.90. The fourth-order valence-electron chi connectivity index (χ4n) is 8.10. The molecule has 0 unspecified atom stereocenters. The van der Waals surface area contributed by atoms with Gasteiger partial charge < -0.3 is 0 Å². The Morgan fingerprint density at radius 2 is 1.14 bits per heavy atom. The zero-order valence-electron chi connectivity index (χ0n) is 32.5. The van der Waals surface area contributed by atoms with Gasteiger partial charge in [-0.3, -0.25) is 0 Å². The molecule has 0 N–H and O–H groups in total. The SMILES string of the molecule is CC=C1CCCC1=CC(/C=C/c1ccc(-c2c(C)c(C)c(-c3ccc(/C=C/C)s3)c3nsnc23)s1)=C([C]#[Os])[P+](c1ccccc1)(c1ccccc1)c1ccccc1. The standard InChI is InChI=1S/C50H43N2PS3.Os/c1-6-18-43-29-31-45(54-43)47-34(3)35(4)48(50-49(47)51-56-52-50)46-32-30-44(55-46)28-27-38(33-39-20-17-19-37(39)7-2)36(5)53(40-21-11-8-12-22-40,41-23-13-9-14-24-41)42-25-15-10-16-26-42;/h6-16,18,21-33H,17,19-20H2,1-4H3;/q+1;/b18-6+,28-27+,37-7?,38-36?,39-33?;. The second-order valence-corrected chi connectivity index (χ2v) is 20.8. The molecule has 0 bridgehead atoms. The average molecular weight is 989 g/mol. The molecule has 3 heterocycles. The summed E-state index contributed by atoms with van der Waals surface area (Å²) in [5, 5.41) is 5.24. The fraction of sp³-hybridized carbons (Fsp3) is 0.140. The molecular weight excluding hydrogens is 946 g/mol. The summed E-state index contributed by atoms with van der Waals surface area (Å²) in [6.07, 6.45) is 17.1. The number of aromatic nitrogens is 2. The number of allylic oxidation sites excluding steroid dienone is 8. The zero-order valence-corrected chi connectivity index (χ0v) is 38.4. The van der Waals surface area contributed by atoms with Crippen molar-refractivity contribution >= 4 is 80.8 Å². The maximum absolute atomic E-state index is 4.92. The molecule has 4 aromatic carbocycles. The molecule has 0 aliphatic heterocycles. The molecule has 1 aliphatic rings. The van der Waals surface area contributed by atoms with E-state index in [1.54, 1.807) is 0 Å². The maximum atomic E-state index is 4.92. The first-order chi connectivity index (χ1) is 28.0. The molecule has 0 atom stereocenters. The van der Waals surface area contributed by atoms with Crippen molar-refractivity contribution in [2.24, 2.45) is 0 Å². The van der Waals surface area contributed by atoms with Gasteiger partial charge in [0.1, 0.15) is 0 Å². The molecule has 1 fully saturated rings. The third-order valence-electron chi connectivity index (χ3n) is 10.9. The Kier molecular flexibility index (Phi) is 12.2. The molecule has 0 saturated heterocycles. The summed E-state index contributed by atoms with van der Waals surface area (Å²) in [7, 11) is -2.39. The first-order valence-electron chi connectivity index (χ1n) is 19.3. The van der Waals surface area contributed by atoms with Crippen LogP contribution in [-0.4, -0.2) is 8.75 Å². The number of hydrogen-bond acceptors (Lipinski definition) is 5. The molecule has 0 amide bonds. The van der Waals surface area contributed by atoms with E-state index in [4.69, 9.17) is 8.75 Å². The van der Waals surface area contributed by atoms with Crippen molar-refractivity contribution in [2.45, 2.75) is 47.0 Å². The third-order valence-corrected chi connectivity index (χ3v) is 18.9. The Morgan fingerprint density at radius 3 is 1.61 bits per heavy atom. The third kappa shape index (κ3) is 7.57. The van der Waals surface area contributed by atoms with Gasteiger partial charge in [-0.15, -0.1) is 11.3 Å². The van der Waals surface area contributed by atoms with Crippen LogP contribution in [0.25, 0.3) is 44.1 Å². The normalized spacial score (nSPS) is 15.4. The van der Waals surface area contributed by atoms with Crippen LogP contribution in [0.5, 0.6) is 0 Å². The van der Waals surface area contributed by atoms with Gasteiger partial charge in [0.2, 0.25) is 0 Å². The summed E-state index contributed by atoms with van der Waals surface area (Å²) in [5.41, 5.74) is 11.0. The van der Waals surface area contributed by atoms with Gasteiger partial charge >= 0.3 is 310 Å². The molecule has 283 valence electrons. The Bertz CT molecular complexity index is 2660. The van der Waals surface area contributed by atoms with Gasteiger partial charge in [-0.25, -0.2) is 0 Å². The number of nitrogens with zero attached hydrogens (tertiary/aromatic N) is 2. The van der Waals surface area contributed by atoms with E-state index < -0.39 is 7.26 Å². The summed E-state index contributed by atoms with van der Waals surface area (Å²) in [6, 6.07) is 42.4. The summed E-state index contributed by atoms with van der Waals surface area (Å²) in [6.45, 7) is 8.73. The number of hydrogen-bond donors (Lipinski definition) is 0. The molecule has 2 nitrogen and oxygen atoms in total. The minimum atomic E-state index is -2.39. The summed E-state index contributed by atoms with van der Waals surface area (Å²) in [5.74, 6) is 0. The van der Waals surface area contributed by atoms with Crippen LogP contribution >= 0.6 is 41.7 Å². The number of rotatable bonds is 10. The van der Waals surface area contributed by atoms with Gasteiger partial charge in [-0.1, -0.05) is 6.08 Å². The van der Waals surface area contributed by atoms with Crippen LogP contribution in [0.15, 0.2) is 162 Å². The van der Waals surface area contributed by atoms with Crippen molar-refractivity contribution in [3.05, 3.63) is 182 Å². The second-order valence-electron chi connectivity index (χ2n) is 14.1. The Labute approximate surface area is 359 Å². The van der Waals surface area contributed by atoms with E-state index in [2.05, 4.69) is 184 Å².